The third kappa shape index (κ3) is 2.70. The number of amides is 1. The average Bonchev–Trinajstić information content (AvgIpc) is 2.48. The molecular formula is C17H25N3O. The molecule has 114 valence electrons. The van der Waals surface area contributed by atoms with E-state index in [1.165, 1.54) is 24.8 Å². The Labute approximate surface area is 127 Å². The lowest BCUT2D eigenvalue weighted by Gasteiger charge is -2.43. The van der Waals surface area contributed by atoms with Crippen LogP contribution in [0.2, 0.25) is 0 Å². The monoisotopic (exact) mass is 287 g/mol. The first-order valence-corrected chi connectivity index (χ1v) is 7.98. The number of hydrogen-bond acceptors (Lipinski definition) is 3. The van der Waals surface area contributed by atoms with Gasteiger partial charge in [0.05, 0.1) is 6.04 Å². The minimum absolute atomic E-state index is 0.0906. The van der Waals surface area contributed by atoms with Crippen molar-refractivity contribution in [2.24, 2.45) is 0 Å². The second kappa shape index (κ2) is 5.78. The minimum atomic E-state index is 0.0906. The van der Waals surface area contributed by atoms with Crippen LogP contribution >= 0.6 is 0 Å². The zero-order valence-electron chi connectivity index (χ0n) is 13.2. The second-order valence-corrected chi connectivity index (χ2v) is 6.43. The zero-order valence-corrected chi connectivity index (χ0v) is 13.2. The largest absolute Gasteiger partial charge is 0.315 e. The molecule has 21 heavy (non-hydrogen) atoms. The Morgan fingerprint density at radius 3 is 2.52 bits per heavy atom. The number of rotatable bonds is 2. The minimum Gasteiger partial charge on any atom is -0.315 e. The fraction of sp³-hybridized carbons (Fsp3) is 0.588. The number of carbonyl (C=O) groups is 1. The van der Waals surface area contributed by atoms with Crippen molar-refractivity contribution in [1.82, 2.24) is 10.4 Å². The maximum atomic E-state index is 12.2. The molecule has 1 aromatic rings. The van der Waals surface area contributed by atoms with Crippen LogP contribution in [0.5, 0.6) is 0 Å². The van der Waals surface area contributed by atoms with Crippen LogP contribution in [0.25, 0.3) is 0 Å². The Bertz CT molecular complexity index is 521. The molecule has 1 aromatic carbocycles. The summed E-state index contributed by atoms with van der Waals surface area (Å²) in [4.78, 5) is 14.0. The summed E-state index contributed by atoms with van der Waals surface area (Å²) >= 11 is 0. The number of piperidine rings is 1. The van der Waals surface area contributed by atoms with Gasteiger partial charge in [0, 0.05) is 31.2 Å². The standard InChI is InChI=1S/C17H25N3O/c1-12-7-6-8-13(2)20(12)18-15-11-17(21)19(3)16-10-5-4-9-14(15)16/h4-5,9-10,12-13,15,18H,6-8,11H2,1-3H3. The fourth-order valence-electron chi connectivity index (χ4n) is 3.61. The van der Waals surface area contributed by atoms with Gasteiger partial charge in [-0.25, -0.2) is 10.4 Å². The van der Waals surface area contributed by atoms with Crippen molar-refractivity contribution in [3.8, 4) is 0 Å². The summed E-state index contributed by atoms with van der Waals surface area (Å²) < 4.78 is 0. The molecule has 0 spiro atoms. The molecule has 3 rings (SSSR count). The molecule has 2 aliphatic rings. The van der Waals surface area contributed by atoms with Crippen molar-refractivity contribution in [1.29, 1.82) is 0 Å². The molecule has 1 fully saturated rings. The van der Waals surface area contributed by atoms with Gasteiger partial charge >= 0.3 is 0 Å². The first-order valence-electron chi connectivity index (χ1n) is 7.98. The molecule has 3 atom stereocenters. The third-order valence-corrected chi connectivity index (χ3v) is 4.92. The van der Waals surface area contributed by atoms with Gasteiger partial charge in [-0.2, -0.15) is 0 Å². The number of benzene rings is 1. The first-order chi connectivity index (χ1) is 10.1. The topological polar surface area (TPSA) is 35.6 Å². The first kappa shape index (κ1) is 14.5. The summed E-state index contributed by atoms with van der Waals surface area (Å²) in [6.45, 7) is 4.54. The van der Waals surface area contributed by atoms with E-state index in [0.717, 1.165) is 5.69 Å². The molecule has 4 nitrogen and oxygen atoms in total. The predicted octanol–water partition coefficient (Wildman–Crippen LogP) is 2.86. The van der Waals surface area contributed by atoms with Crippen molar-refractivity contribution < 1.29 is 4.79 Å². The second-order valence-electron chi connectivity index (χ2n) is 6.43. The molecule has 0 radical (unpaired) electrons. The number of para-hydroxylation sites is 1. The quantitative estimate of drug-likeness (QED) is 0.908. The molecule has 2 aliphatic heterocycles. The SMILES string of the molecule is CC1CCCC(C)N1NC1CC(=O)N(C)c2ccccc21. The summed E-state index contributed by atoms with van der Waals surface area (Å²) in [6.07, 6.45) is 4.27. The van der Waals surface area contributed by atoms with E-state index in [0.29, 0.717) is 18.5 Å². The van der Waals surface area contributed by atoms with E-state index in [1.54, 1.807) is 4.90 Å². The number of hydrogen-bond donors (Lipinski definition) is 1. The van der Waals surface area contributed by atoms with Crippen molar-refractivity contribution in [2.75, 3.05) is 11.9 Å². The van der Waals surface area contributed by atoms with E-state index in [-0.39, 0.29) is 11.9 Å². The van der Waals surface area contributed by atoms with Crippen molar-refractivity contribution in [3.63, 3.8) is 0 Å². The maximum absolute atomic E-state index is 12.2. The summed E-state index contributed by atoms with van der Waals surface area (Å²) in [5.41, 5.74) is 5.91. The Kier molecular flexibility index (Phi) is 4.00. The maximum Gasteiger partial charge on any atom is 0.228 e. The number of nitrogens with one attached hydrogen (secondary N) is 1. The van der Waals surface area contributed by atoms with E-state index in [1.807, 2.05) is 19.2 Å². The molecular weight excluding hydrogens is 262 g/mol. The van der Waals surface area contributed by atoms with Gasteiger partial charge < -0.3 is 4.90 Å². The van der Waals surface area contributed by atoms with Gasteiger partial charge in [-0.15, -0.1) is 0 Å². The van der Waals surface area contributed by atoms with Crippen LogP contribution in [0, 0.1) is 0 Å². The van der Waals surface area contributed by atoms with Crippen LogP contribution < -0.4 is 10.3 Å². The van der Waals surface area contributed by atoms with Gasteiger partial charge in [-0.1, -0.05) is 24.6 Å². The molecule has 0 bridgehead atoms. The normalized spacial score (nSPS) is 30.3. The summed E-state index contributed by atoms with van der Waals surface area (Å²) in [5, 5.41) is 2.36. The van der Waals surface area contributed by atoms with Crippen LogP contribution in [-0.2, 0) is 4.79 Å². The molecule has 2 heterocycles. The van der Waals surface area contributed by atoms with Gasteiger partial charge in [-0.05, 0) is 38.3 Å². The Morgan fingerprint density at radius 1 is 1.14 bits per heavy atom. The number of nitrogens with zero attached hydrogens (tertiary/aromatic N) is 2. The zero-order chi connectivity index (χ0) is 15.0. The highest BCUT2D eigenvalue weighted by molar-refractivity contribution is 5.96. The van der Waals surface area contributed by atoms with Crippen LogP contribution in [0.3, 0.4) is 0 Å². The van der Waals surface area contributed by atoms with Gasteiger partial charge in [0.25, 0.3) is 0 Å². The van der Waals surface area contributed by atoms with Gasteiger partial charge in [0.15, 0.2) is 0 Å². The molecule has 0 aliphatic carbocycles. The highest BCUT2D eigenvalue weighted by Gasteiger charge is 2.33. The summed E-state index contributed by atoms with van der Waals surface area (Å²) in [7, 11) is 1.86. The average molecular weight is 287 g/mol. The number of hydrazine groups is 1. The summed E-state index contributed by atoms with van der Waals surface area (Å²) in [5.74, 6) is 0.184. The lowest BCUT2D eigenvalue weighted by molar-refractivity contribution is -0.120. The molecule has 4 heteroatoms. The van der Waals surface area contributed by atoms with Crippen molar-refractivity contribution in [2.45, 2.75) is 57.7 Å². The molecule has 0 saturated carbocycles. The Balaban J connectivity index is 1.85. The van der Waals surface area contributed by atoms with Gasteiger partial charge in [0.2, 0.25) is 5.91 Å². The molecule has 0 aromatic heterocycles. The van der Waals surface area contributed by atoms with Crippen LogP contribution in [-0.4, -0.2) is 30.0 Å². The fourth-order valence-corrected chi connectivity index (χ4v) is 3.61. The third-order valence-electron chi connectivity index (χ3n) is 4.92. The van der Waals surface area contributed by atoms with Crippen LogP contribution in [0.15, 0.2) is 24.3 Å². The Morgan fingerprint density at radius 2 is 1.81 bits per heavy atom. The molecule has 3 unspecified atom stereocenters. The van der Waals surface area contributed by atoms with Crippen LogP contribution in [0.1, 0.15) is 51.1 Å². The van der Waals surface area contributed by atoms with E-state index < -0.39 is 0 Å². The predicted molar refractivity (Wildman–Crippen MR) is 85.0 cm³/mol. The molecule has 1 saturated heterocycles. The lowest BCUT2D eigenvalue weighted by Crippen LogP contribution is -2.54. The highest BCUT2D eigenvalue weighted by atomic mass is 16.2. The number of fused-ring (bicyclic) bond motifs is 1. The Hall–Kier alpha value is -1.39. The van der Waals surface area contributed by atoms with E-state index in [4.69, 9.17) is 0 Å². The summed E-state index contributed by atoms with van der Waals surface area (Å²) in [6, 6.07) is 9.36. The van der Waals surface area contributed by atoms with Crippen LogP contribution in [0.4, 0.5) is 5.69 Å². The van der Waals surface area contributed by atoms with Gasteiger partial charge in [-0.3, -0.25) is 4.79 Å². The number of anilines is 1. The molecule has 1 N–H and O–H groups in total. The molecule has 1 amide bonds. The van der Waals surface area contributed by atoms with Crippen molar-refractivity contribution >= 4 is 11.6 Å². The highest BCUT2D eigenvalue weighted by Crippen LogP contribution is 2.34. The van der Waals surface area contributed by atoms with E-state index >= 15 is 0 Å². The lowest BCUT2D eigenvalue weighted by atomic mass is 9.95. The van der Waals surface area contributed by atoms with Gasteiger partial charge in [0.1, 0.15) is 0 Å². The van der Waals surface area contributed by atoms with E-state index in [9.17, 15) is 4.79 Å². The number of carbonyl (C=O) groups excluding carboxylic acids is 1. The smallest absolute Gasteiger partial charge is 0.228 e. The van der Waals surface area contributed by atoms with Crippen molar-refractivity contribution in [3.05, 3.63) is 29.8 Å². The van der Waals surface area contributed by atoms with E-state index in [2.05, 4.69) is 36.4 Å².